The van der Waals surface area contributed by atoms with Crippen LogP contribution in [0.2, 0.25) is 0 Å². The lowest BCUT2D eigenvalue weighted by molar-refractivity contribution is 0.0444. The van der Waals surface area contributed by atoms with Gasteiger partial charge >= 0.3 is 11.9 Å². The number of hydrogen-bond acceptors (Lipinski definition) is 5. The average molecular weight is 178 g/mol. The van der Waals surface area contributed by atoms with Crippen molar-refractivity contribution >= 4 is 17.6 Å². The zero-order valence-corrected chi connectivity index (χ0v) is 6.53. The number of hydrogen-bond donors (Lipinski definition) is 2. The van der Waals surface area contributed by atoms with Crippen LogP contribution in [0.1, 0.15) is 20.7 Å². The molecule has 0 spiro atoms. The molecule has 0 bridgehead atoms. The normalized spacial score (nSPS) is 13.9. The minimum atomic E-state index is -0.628. The molecule has 66 valence electrons. The third-order valence-electron chi connectivity index (χ3n) is 1.81. The maximum atomic E-state index is 11.0. The van der Waals surface area contributed by atoms with Crippen LogP contribution in [0.25, 0.3) is 0 Å². The van der Waals surface area contributed by atoms with Gasteiger partial charge in [0.25, 0.3) is 0 Å². The number of nitrogens with one attached hydrogen (secondary N) is 1. The molecule has 3 N–H and O–H groups in total. The minimum Gasteiger partial charge on any atom is -0.386 e. The first-order valence-corrected chi connectivity index (χ1v) is 3.59. The molecule has 1 aliphatic heterocycles. The van der Waals surface area contributed by atoms with Crippen LogP contribution in [0.15, 0.2) is 18.2 Å². The molecule has 0 saturated carbocycles. The molecule has 2 rings (SSSR count). The molecule has 0 atom stereocenters. The third kappa shape index (κ3) is 1.06. The van der Waals surface area contributed by atoms with E-state index in [4.69, 9.17) is 5.84 Å². The highest BCUT2D eigenvalue weighted by molar-refractivity contribution is 6.15. The highest BCUT2D eigenvalue weighted by atomic mass is 16.6. The van der Waals surface area contributed by atoms with Crippen LogP contribution in [0.4, 0.5) is 5.69 Å². The van der Waals surface area contributed by atoms with E-state index in [2.05, 4.69) is 10.2 Å². The molecule has 1 aliphatic rings. The summed E-state index contributed by atoms with van der Waals surface area (Å²) in [4.78, 5) is 22.0. The van der Waals surface area contributed by atoms with Gasteiger partial charge in [-0.2, -0.15) is 0 Å². The molecule has 13 heavy (non-hydrogen) atoms. The number of benzene rings is 1. The summed E-state index contributed by atoms with van der Waals surface area (Å²) in [6.45, 7) is 0. The van der Waals surface area contributed by atoms with Gasteiger partial charge < -0.3 is 10.2 Å². The van der Waals surface area contributed by atoms with Crippen molar-refractivity contribution in [2.24, 2.45) is 5.84 Å². The first-order chi connectivity index (χ1) is 6.22. The number of hydrazine groups is 1. The van der Waals surface area contributed by atoms with Gasteiger partial charge in [-0.3, -0.25) is 5.84 Å². The number of anilines is 1. The van der Waals surface area contributed by atoms with Crippen molar-refractivity contribution in [2.75, 3.05) is 5.43 Å². The number of carbonyl (C=O) groups excluding carboxylic acids is 2. The van der Waals surface area contributed by atoms with Crippen LogP contribution in [0, 0.1) is 0 Å². The number of ether oxygens (including phenoxy) is 1. The van der Waals surface area contributed by atoms with E-state index in [1.54, 1.807) is 6.07 Å². The second-order valence-corrected chi connectivity index (χ2v) is 2.58. The highest BCUT2D eigenvalue weighted by Crippen LogP contribution is 2.22. The molecule has 0 amide bonds. The van der Waals surface area contributed by atoms with E-state index in [0.717, 1.165) is 0 Å². The van der Waals surface area contributed by atoms with E-state index in [9.17, 15) is 9.59 Å². The van der Waals surface area contributed by atoms with Crippen LogP contribution in [-0.2, 0) is 4.74 Å². The standard InChI is InChI=1S/C8H6N2O3/c9-10-4-1-2-5-6(3-4)8(12)13-7(5)11/h1-3,10H,9H2. The number of fused-ring (bicyclic) bond motifs is 1. The fourth-order valence-corrected chi connectivity index (χ4v) is 1.18. The monoisotopic (exact) mass is 178 g/mol. The maximum absolute atomic E-state index is 11.0. The molecule has 0 aliphatic carbocycles. The second-order valence-electron chi connectivity index (χ2n) is 2.58. The lowest BCUT2D eigenvalue weighted by atomic mass is 10.1. The Morgan fingerprint density at radius 2 is 1.85 bits per heavy atom. The van der Waals surface area contributed by atoms with Gasteiger partial charge in [-0.05, 0) is 18.2 Å². The average Bonchev–Trinajstić information content (AvgIpc) is 2.42. The van der Waals surface area contributed by atoms with Gasteiger partial charge in [0.2, 0.25) is 0 Å². The Morgan fingerprint density at radius 1 is 1.15 bits per heavy atom. The predicted octanol–water partition coefficient (Wildman–Crippen LogP) is 0.283. The van der Waals surface area contributed by atoms with E-state index < -0.39 is 11.9 Å². The third-order valence-corrected chi connectivity index (χ3v) is 1.81. The molecular formula is C8H6N2O3. The molecule has 0 radical (unpaired) electrons. The molecule has 1 aromatic carbocycles. The Morgan fingerprint density at radius 3 is 2.54 bits per heavy atom. The summed E-state index contributed by atoms with van der Waals surface area (Å²) in [5, 5.41) is 0. The number of nitrogens with two attached hydrogens (primary N) is 1. The minimum absolute atomic E-state index is 0.250. The lowest BCUT2D eigenvalue weighted by Crippen LogP contribution is -2.07. The largest absolute Gasteiger partial charge is 0.386 e. The summed E-state index contributed by atoms with van der Waals surface area (Å²) in [5.74, 6) is 3.90. The van der Waals surface area contributed by atoms with E-state index in [0.29, 0.717) is 5.69 Å². The molecule has 0 aromatic heterocycles. The van der Waals surface area contributed by atoms with Crippen molar-refractivity contribution in [1.29, 1.82) is 0 Å². The summed E-state index contributed by atoms with van der Waals surface area (Å²) in [5.41, 5.74) is 3.47. The quantitative estimate of drug-likeness (QED) is 0.279. The Hall–Kier alpha value is -1.88. The van der Waals surface area contributed by atoms with Gasteiger partial charge in [-0.1, -0.05) is 0 Å². The highest BCUT2D eigenvalue weighted by Gasteiger charge is 2.29. The van der Waals surface area contributed by atoms with Crippen molar-refractivity contribution in [3.05, 3.63) is 29.3 Å². The Bertz CT molecular complexity index is 400. The Kier molecular flexibility index (Phi) is 1.53. The SMILES string of the molecule is NNc1ccc2c(c1)C(=O)OC2=O. The Labute approximate surface area is 73.5 Å². The van der Waals surface area contributed by atoms with Crippen molar-refractivity contribution in [3.8, 4) is 0 Å². The summed E-state index contributed by atoms with van der Waals surface area (Å²) >= 11 is 0. The van der Waals surface area contributed by atoms with E-state index in [1.165, 1.54) is 12.1 Å². The fourth-order valence-electron chi connectivity index (χ4n) is 1.18. The van der Waals surface area contributed by atoms with Crippen LogP contribution in [-0.4, -0.2) is 11.9 Å². The van der Waals surface area contributed by atoms with Gasteiger partial charge in [0.05, 0.1) is 11.1 Å². The van der Waals surface area contributed by atoms with Gasteiger partial charge in [0.1, 0.15) is 0 Å². The smallest absolute Gasteiger partial charge is 0.346 e. The maximum Gasteiger partial charge on any atom is 0.346 e. The molecule has 0 unspecified atom stereocenters. The van der Waals surface area contributed by atoms with E-state index >= 15 is 0 Å². The van der Waals surface area contributed by atoms with Crippen molar-refractivity contribution < 1.29 is 14.3 Å². The topological polar surface area (TPSA) is 81.4 Å². The fraction of sp³-hybridized carbons (Fsp3) is 0. The molecule has 0 fully saturated rings. The number of esters is 2. The van der Waals surface area contributed by atoms with Crippen molar-refractivity contribution in [1.82, 2.24) is 0 Å². The van der Waals surface area contributed by atoms with Crippen LogP contribution < -0.4 is 11.3 Å². The molecule has 5 nitrogen and oxygen atoms in total. The van der Waals surface area contributed by atoms with Gasteiger partial charge in [0.15, 0.2) is 0 Å². The summed E-state index contributed by atoms with van der Waals surface area (Å²) < 4.78 is 4.38. The molecule has 5 heteroatoms. The number of carbonyl (C=O) groups is 2. The molecule has 1 heterocycles. The molecule has 0 saturated heterocycles. The Balaban J connectivity index is 2.58. The van der Waals surface area contributed by atoms with Gasteiger partial charge in [0, 0.05) is 5.69 Å². The zero-order valence-electron chi connectivity index (χ0n) is 6.53. The van der Waals surface area contributed by atoms with E-state index in [1.807, 2.05) is 0 Å². The van der Waals surface area contributed by atoms with Crippen molar-refractivity contribution in [3.63, 3.8) is 0 Å². The summed E-state index contributed by atoms with van der Waals surface area (Å²) in [6.07, 6.45) is 0. The summed E-state index contributed by atoms with van der Waals surface area (Å²) in [6, 6.07) is 4.57. The van der Waals surface area contributed by atoms with Gasteiger partial charge in [-0.15, -0.1) is 0 Å². The van der Waals surface area contributed by atoms with Crippen LogP contribution in [0.3, 0.4) is 0 Å². The number of cyclic esters (lactones) is 2. The van der Waals surface area contributed by atoms with Gasteiger partial charge in [-0.25, -0.2) is 9.59 Å². The molecular weight excluding hydrogens is 172 g/mol. The summed E-state index contributed by atoms with van der Waals surface area (Å²) in [7, 11) is 0. The number of rotatable bonds is 1. The zero-order chi connectivity index (χ0) is 9.42. The van der Waals surface area contributed by atoms with Crippen LogP contribution in [0.5, 0.6) is 0 Å². The second kappa shape index (κ2) is 2.56. The van der Waals surface area contributed by atoms with Crippen molar-refractivity contribution in [2.45, 2.75) is 0 Å². The number of nitrogen functional groups attached to an aromatic ring is 1. The van der Waals surface area contributed by atoms with Crippen LogP contribution >= 0.6 is 0 Å². The first-order valence-electron chi connectivity index (χ1n) is 3.59. The first kappa shape index (κ1) is 7.75. The van der Waals surface area contributed by atoms with E-state index in [-0.39, 0.29) is 11.1 Å². The molecule has 1 aromatic rings. The lowest BCUT2D eigenvalue weighted by Gasteiger charge is -1.98. The predicted molar refractivity (Wildman–Crippen MR) is 44.0 cm³/mol.